The van der Waals surface area contributed by atoms with Gasteiger partial charge in [-0.15, -0.1) is 0 Å². The van der Waals surface area contributed by atoms with E-state index in [1.165, 1.54) is 5.56 Å². The Morgan fingerprint density at radius 2 is 1.76 bits per heavy atom. The van der Waals surface area contributed by atoms with E-state index in [4.69, 9.17) is 10.7 Å². The number of hydrogen-bond donors (Lipinski definition) is 2. The number of nitrogens with zero attached hydrogens (tertiary/aromatic N) is 3. The number of aromatic nitrogens is 1. The molecule has 176 valence electrons. The third-order valence-corrected chi connectivity index (χ3v) is 6.85. The second kappa shape index (κ2) is 10.3. The number of nitrogens with two attached hydrogens (primary N) is 1. The molecule has 2 aromatic rings. The molecule has 2 saturated heterocycles. The molecule has 1 atom stereocenters. The number of hydrogen-bond acceptors (Lipinski definition) is 5. The first-order chi connectivity index (χ1) is 15.9. The summed E-state index contributed by atoms with van der Waals surface area (Å²) in [5.74, 6) is 0.120. The first kappa shape index (κ1) is 23.2. The van der Waals surface area contributed by atoms with E-state index in [0.717, 1.165) is 48.7 Å². The van der Waals surface area contributed by atoms with Gasteiger partial charge in [0, 0.05) is 54.2 Å². The first-order valence-corrected chi connectivity index (χ1v) is 12.0. The smallest absolute Gasteiger partial charge is 0.236 e. The topological polar surface area (TPSA) is 91.6 Å². The number of likely N-dealkylation sites (tertiary alicyclic amines) is 2. The van der Waals surface area contributed by atoms with Crippen LogP contribution in [0.3, 0.4) is 0 Å². The van der Waals surface area contributed by atoms with Gasteiger partial charge in [-0.25, -0.2) is 0 Å². The van der Waals surface area contributed by atoms with Crippen LogP contribution in [0.1, 0.15) is 48.6 Å². The summed E-state index contributed by atoms with van der Waals surface area (Å²) in [6, 6.07) is 12.6. The molecule has 1 unspecified atom stereocenters. The first-order valence-electron chi connectivity index (χ1n) is 12.0. The van der Waals surface area contributed by atoms with E-state index < -0.39 is 0 Å². The van der Waals surface area contributed by atoms with Crippen molar-refractivity contribution in [1.29, 1.82) is 0 Å². The van der Waals surface area contributed by atoms with Gasteiger partial charge < -0.3 is 16.0 Å². The molecular formula is C26H35N5O2. The molecule has 1 aromatic heterocycles. The lowest BCUT2D eigenvalue weighted by atomic mass is 9.93. The van der Waals surface area contributed by atoms with E-state index in [9.17, 15) is 9.59 Å². The summed E-state index contributed by atoms with van der Waals surface area (Å²) >= 11 is 0. The van der Waals surface area contributed by atoms with Gasteiger partial charge in [-0.05, 0) is 70.3 Å². The number of nitrogens with one attached hydrogen (secondary N) is 1. The molecule has 33 heavy (non-hydrogen) atoms. The monoisotopic (exact) mass is 449 g/mol. The average molecular weight is 450 g/mol. The third-order valence-electron chi connectivity index (χ3n) is 6.85. The van der Waals surface area contributed by atoms with Crippen molar-refractivity contribution in [3.05, 3.63) is 53.3 Å². The van der Waals surface area contributed by atoms with Gasteiger partial charge in [0.05, 0.1) is 6.54 Å². The van der Waals surface area contributed by atoms with E-state index in [1.807, 2.05) is 11.8 Å². The minimum Gasteiger partial charge on any atom is -0.369 e. The number of primary amides is 1. The lowest BCUT2D eigenvalue weighted by molar-refractivity contribution is -0.136. The second-order valence-corrected chi connectivity index (χ2v) is 9.54. The van der Waals surface area contributed by atoms with Crippen molar-refractivity contribution < 1.29 is 9.59 Å². The molecule has 7 heteroatoms. The minimum absolute atomic E-state index is 0.0940. The number of amides is 2. The fourth-order valence-corrected chi connectivity index (χ4v) is 4.92. The minimum atomic E-state index is -0.247. The summed E-state index contributed by atoms with van der Waals surface area (Å²) in [6.45, 7) is 7.56. The fourth-order valence-electron chi connectivity index (χ4n) is 4.92. The number of aryl methyl sites for hydroxylation is 2. The maximum absolute atomic E-state index is 12.9. The Balaban J connectivity index is 1.37. The molecule has 3 N–H and O–H groups in total. The lowest BCUT2D eigenvalue weighted by Crippen LogP contribution is -2.47. The Hall–Kier alpha value is -2.93. The van der Waals surface area contributed by atoms with Crippen molar-refractivity contribution in [1.82, 2.24) is 14.8 Å². The van der Waals surface area contributed by atoms with Gasteiger partial charge in [-0.2, -0.15) is 0 Å². The van der Waals surface area contributed by atoms with Crippen molar-refractivity contribution in [3.63, 3.8) is 0 Å². The zero-order chi connectivity index (χ0) is 23.4. The average Bonchev–Trinajstić information content (AvgIpc) is 2.80. The van der Waals surface area contributed by atoms with Crippen molar-refractivity contribution in [2.45, 2.75) is 45.4 Å². The molecule has 0 aliphatic carbocycles. The van der Waals surface area contributed by atoms with Crippen LogP contribution in [0.4, 0.5) is 11.4 Å². The molecule has 2 fully saturated rings. The largest absolute Gasteiger partial charge is 0.369 e. The van der Waals surface area contributed by atoms with Crippen LogP contribution in [0.25, 0.3) is 0 Å². The van der Waals surface area contributed by atoms with Crippen molar-refractivity contribution in [3.8, 4) is 0 Å². The fraction of sp³-hybridized carbons (Fsp3) is 0.500. The number of carbonyl (C=O) groups is 2. The Morgan fingerprint density at radius 3 is 2.45 bits per heavy atom. The van der Waals surface area contributed by atoms with Crippen LogP contribution < -0.4 is 11.1 Å². The molecule has 4 rings (SSSR count). The molecule has 0 spiro atoms. The van der Waals surface area contributed by atoms with Crippen LogP contribution in [-0.2, 0) is 9.59 Å². The number of pyridine rings is 1. The highest BCUT2D eigenvalue weighted by Gasteiger charge is 2.29. The zero-order valence-electron chi connectivity index (χ0n) is 19.7. The van der Waals surface area contributed by atoms with Gasteiger partial charge in [-0.3, -0.25) is 19.5 Å². The van der Waals surface area contributed by atoms with Crippen LogP contribution in [0.15, 0.2) is 36.4 Å². The molecular weight excluding hydrogens is 414 g/mol. The number of piperidine rings is 2. The summed E-state index contributed by atoms with van der Waals surface area (Å²) in [4.78, 5) is 33.2. The van der Waals surface area contributed by atoms with Gasteiger partial charge in [0.25, 0.3) is 0 Å². The highest BCUT2D eigenvalue weighted by molar-refractivity contribution is 5.80. The molecule has 2 aliphatic rings. The van der Waals surface area contributed by atoms with Crippen molar-refractivity contribution in [2.24, 2.45) is 11.7 Å². The third kappa shape index (κ3) is 6.11. The maximum Gasteiger partial charge on any atom is 0.236 e. The predicted molar refractivity (Wildman–Crippen MR) is 130 cm³/mol. The quantitative estimate of drug-likeness (QED) is 0.706. The summed E-state index contributed by atoms with van der Waals surface area (Å²) in [5.41, 5.74) is 10.8. The standard InChI is InChI=1S/C26H35N5O2/c1-18-5-7-22(8-6-18)29-23-14-19(2)28-24(15-23)21-4-3-11-30(16-21)17-25(32)31-12-9-20(10-13-31)26(27)33/h5-8,14-15,20-21H,3-4,9-13,16-17H2,1-2H3,(H2,27,33)(H,28,29). The van der Waals surface area contributed by atoms with E-state index in [2.05, 4.69) is 53.5 Å². The number of rotatable bonds is 6. The summed E-state index contributed by atoms with van der Waals surface area (Å²) < 4.78 is 0. The summed E-state index contributed by atoms with van der Waals surface area (Å²) in [5, 5.41) is 3.50. The molecule has 0 bridgehead atoms. The van der Waals surface area contributed by atoms with Gasteiger partial charge in [-0.1, -0.05) is 17.7 Å². The highest BCUT2D eigenvalue weighted by atomic mass is 16.2. The number of anilines is 2. The Labute approximate surface area is 196 Å². The van der Waals surface area contributed by atoms with E-state index in [-0.39, 0.29) is 17.7 Å². The van der Waals surface area contributed by atoms with Gasteiger partial charge in [0.2, 0.25) is 11.8 Å². The Morgan fingerprint density at radius 1 is 1.03 bits per heavy atom. The van der Waals surface area contributed by atoms with Gasteiger partial charge >= 0.3 is 0 Å². The number of benzene rings is 1. The Bertz CT molecular complexity index is 983. The van der Waals surface area contributed by atoms with Crippen LogP contribution in [0.2, 0.25) is 0 Å². The molecule has 0 saturated carbocycles. The molecule has 0 radical (unpaired) electrons. The SMILES string of the molecule is Cc1ccc(Nc2cc(C)nc(C3CCCN(CC(=O)N4CCC(C(N)=O)CC4)C3)c2)cc1. The van der Waals surface area contributed by atoms with Gasteiger partial charge in [0.15, 0.2) is 0 Å². The second-order valence-electron chi connectivity index (χ2n) is 9.54. The van der Waals surface area contributed by atoms with Crippen LogP contribution >= 0.6 is 0 Å². The predicted octanol–water partition coefficient (Wildman–Crippen LogP) is 3.35. The Kier molecular flexibility index (Phi) is 7.28. The molecule has 2 amide bonds. The molecule has 7 nitrogen and oxygen atoms in total. The molecule has 3 heterocycles. The van der Waals surface area contributed by atoms with Gasteiger partial charge in [0.1, 0.15) is 0 Å². The molecule has 1 aromatic carbocycles. The lowest BCUT2D eigenvalue weighted by Gasteiger charge is -2.35. The van der Waals surface area contributed by atoms with E-state index in [1.54, 1.807) is 0 Å². The zero-order valence-corrected chi connectivity index (χ0v) is 19.7. The number of carbonyl (C=O) groups excluding carboxylic acids is 2. The van der Waals surface area contributed by atoms with Crippen LogP contribution in [-0.4, -0.2) is 59.3 Å². The summed E-state index contributed by atoms with van der Waals surface area (Å²) in [7, 11) is 0. The van der Waals surface area contributed by atoms with E-state index >= 15 is 0 Å². The normalized spacial score (nSPS) is 19.9. The maximum atomic E-state index is 12.9. The van der Waals surface area contributed by atoms with E-state index in [0.29, 0.717) is 38.4 Å². The van der Waals surface area contributed by atoms with Crippen LogP contribution in [0, 0.1) is 19.8 Å². The molecule has 2 aliphatic heterocycles. The van der Waals surface area contributed by atoms with Crippen molar-refractivity contribution >= 4 is 23.2 Å². The summed E-state index contributed by atoms with van der Waals surface area (Å²) in [6.07, 6.45) is 3.48. The highest BCUT2D eigenvalue weighted by Crippen LogP contribution is 2.29. The van der Waals surface area contributed by atoms with Crippen LogP contribution in [0.5, 0.6) is 0 Å². The van der Waals surface area contributed by atoms with Crippen molar-refractivity contribution in [2.75, 3.05) is 38.0 Å².